The van der Waals surface area contributed by atoms with E-state index in [-0.39, 0.29) is 0 Å². The van der Waals surface area contributed by atoms with Gasteiger partial charge in [0.25, 0.3) is 0 Å². The second kappa shape index (κ2) is 3.97. The third-order valence-corrected chi connectivity index (χ3v) is 2.17. The molecule has 1 rings (SSSR count). The summed E-state index contributed by atoms with van der Waals surface area (Å²) >= 11 is 0. The molecule has 0 saturated heterocycles. The fraction of sp³-hybridized carbons (Fsp3) is 0.636. The van der Waals surface area contributed by atoms with E-state index in [4.69, 9.17) is 4.74 Å². The van der Waals surface area contributed by atoms with Gasteiger partial charge in [0.05, 0.1) is 34.8 Å². The third-order valence-electron chi connectivity index (χ3n) is 2.17. The summed E-state index contributed by atoms with van der Waals surface area (Å²) in [6, 6.07) is 0. The zero-order chi connectivity index (χ0) is 9.90. The van der Waals surface area contributed by atoms with Gasteiger partial charge in [-0.05, 0) is 18.6 Å². The van der Waals surface area contributed by atoms with Crippen LogP contribution in [0.1, 0.15) is 6.42 Å². The molecule has 0 radical (unpaired) electrons. The van der Waals surface area contributed by atoms with Crippen molar-refractivity contribution in [1.82, 2.24) is 0 Å². The first-order valence-electron chi connectivity index (χ1n) is 4.74. The monoisotopic (exact) mass is 182 g/mol. The van der Waals surface area contributed by atoms with Crippen LogP contribution in [0.3, 0.4) is 0 Å². The topological polar surface area (TPSA) is 9.23 Å². The molecule has 0 heterocycles. The summed E-state index contributed by atoms with van der Waals surface area (Å²) in [6.07, 6.45) is 7.60. The average Bonchev–Trinajstić information content (AvgIpc) is 2.03. The molecule has 0 fully saturated rings. The lowest BCUT2D eigenvalue weighted by atomic mass is 9.99. The van der Waals surface area contributed by atoms with E-state index in [9.17, 15) is 0 Å². The van der Waals surface area contributed by atoms with Crippen LogP contribution >= 0.6 is 0 Å². The molecule has 0 spiro atoms. The second-order valence-corrected chi connectivity index (χ2v) is 4.64. The molecule has 0 bridgehead atoms. The normalized spacial score (nSPS) is 22.8. The highest BCUT2D eigenvalue weighted by molar-refractivity contribution is 5.18. The summed E-state index contributed by atoms with van der Waals surface area (Å²) in [5, 5.41) is 0. The van der Waals surface area contributed by atoms with Crippen molar-refractivity contribution < 1.29 is 9.22 Å². The Balaban J connectivity index is 2.44. The Morgan fingerprint density at radius 3 is 2.54 bits per heavy atom. The van der Waals surface area contributed by atoms with Crippen LogP contribution < -0.4 is 0 Å². The number of methoxy groups -OCH3 is 1. The Labute approximate surface area is 81.1 Å². The van der Waals surface area contributed by atoms with Crippen LogP contribution in [-0.4, -0.2) is 39.3 Å². The quantitative estimate of drug-likeness (QED) is 0.605. The van der Waals surface area contributed by atoms with Crippen LogP contribution in [0.25, 0.3) is 0 Å². The highest BCUT2D eigenvalue weighted by Gasteiger charge is 2.16. The molecule has 1 unspecified atom stereocenters. The number of allylic oxidation sites excluding steroid dienone is 2. The van der Waals surface area contributed by atoms with Gasteiger partial charge in [0.15, 0.2) is 0 Å². The predicted octanol–water partition coefficient (Wildman–Crippen LogP) is 1.80. The smallest absolute Gasteiger partial charge is 0.114 e. The van der Waals surface area contributed by atoms with Crippen molar-refractivity contribution in [3.8, 4) is 0 Å². The molecule has 0 aromatic carbocycles. The van der Waals surface area contributed by atoms with E-state index in [0.29, 0.717) is 5.92 Å². The summed E-state index contributed by atoms with van der Waals surface area (Å²) in [7, 11) is 8.40. The van der Waals surface area contributed by atoms with Gasteiger partial charge in [-0.2, -0.15) is 0 Å². The van der Waals surface area contributed by atoms with Crippen molar-refractivity contribution in [2.45, 2.75) is 6.42 Å². The Morgan fingerprint density at radius 2 is 2.15 bits per heavy atom. The fourth-order valence-corrected chi connectivity index (χ4v) is 1.64. The maximum atomic E-state index is 5.14. The van der Waals surface area contributed by atoms with Crippen molar-refractivity contribution in [3.63, 3.8) is 0 Å². The standard InChI is InChI=1S/C11H20NO/c1-12(2,3)9-10-5-7-11(13-4)8-6-10/h5,7-8,10H,6,9H2,1-4H3/q+1. The molecule has 1 aliphatic rings. The van der Waals surface area contributed by atoms with E-state index in [1.807, 2.05) is 0 Å². The largest absolute Gasteiger partial charge is 0.497 e. The number of rotatable bonds is 3. The molecule has 0 aromatic rings. The number of nitrogens with zero attached hydrogens (tertiary/aromatic N) is 1. The SMILES string of the molecule is COC1=CCC(C[N+](C)(C)C)C=C1. The minimum absolute atomic E-state index is 0.666. The summed E-state index contributed by atoms with van der Waals surface area (Å²) in [6.45, 7) is 1.18. The van der Waals surface area contributed by atoms with Crippen LogP contribution in [0, 0.1) is 5.92 Å². The molecule has 0 amide bonds. The van der Waals surface area contributed by atoms with Gasteiger partial charge in [0.1, 0.15) is 5.76 Å². The molecular formula is C11H20NO+. The molecule has 74 valence electrons. The maximum absolute atomic E-state index is 5.14. The number of hydrogen-bond acceptors (Lipinski definition) is 1. The molecular weight excluding hydrogens is 162 g/mol. The Bertz CT molecular complexity index is 223. The third kappa shape index (κ3) is 3.64. The first kappa shape index (κ1) is 10.3. The summed E-state index contributed by atoms with van der Waals surface area (Å²) < 4.78 is 6.16. The van der Waals surface area contributed by atoms with E-state index in [0.717, 1.165) is 16.7 Å². The lowest BCUT2D eigenvalue weighted by molar-refractivity contribution is -0.873. The predicted molar refractivity (Wildman–Crippen MR) is 55.2 cm³/mol. The molecule has 2 nitrogen and oxygen atoms in total. The molecule has 1 aliphatic carbocycles. The van der Waals surface area contributed by atoms with Crippen LogP contribution in [-0.2, 0) is 4.74 Å². The summed E-state index contributed by atoms with van der Waals surface area (Å²) in [4.78, 5) is 0. The zero-order valence-corrected chi connectivity index (χ0v) is 9.08. The van der Waals surface area contributed by atoms with Crippen molar-refractivity contribution in [2.24, 2.45) is 5.92 Å². The molecule has 2 heteroatoms. The number of hydrogen-bond donors (Lipinski definition) is 0. The Morgan fingerprint density at radius 1 is 1.46 bits per heavy atom. The Kier molecular flexibility index (Phi) is 3.15. The van der Waals surface area contributed by atoms with Gasteiger partial charge < -0.3 is 9.22 Å². The van der Waals surface area contributed by atoms with Crippen molar-refractivity contribution in [3.05, 3.63) is 24.0 Å². The van der Waals surface area contributed by atoms with Gasteiger partial charge in [-0.15, -0.1) is 0 Å². The highest BCUT2D eigenvalue weighted by Crippen LogP contribution is 2.18. The molecule has 13 heavy (non-hydrogen) atoms. The van der Waals surface area contributed by atoms with Crippen molar-refractivity contribution >= 4 is 0 Å². The van der Waals surface area contributed by atoms with Crippen LogP contribution in [0.4, 0.5) is 0 Å². The minimum atomic E-state index is 0.666. The van der Waals surface area contributed by atoms with E-state index in [1.54, 1.807) is 7.11 Å². The molecule has 0 N–H and O–H groups in total. The lowest BCUT2D eigenvalue weighted by Crippen LogP contribution is -2.38. The number of quaternary nitrogens is 1. The molecule has 1 atom stereocenters. The van der Waals surface area contributed by atoms with Crippen LogP contribution in [0.15, 0.2) is 24.0 Å². The average molecular weight is 182 g/mol. The summed E-state index contributed by atoms with van der Waals surface area (Å²) in [5.74, 6) is 1.66. The van der Waals surface area contributed by atoms with Crippen LogP contribution in [0.2, 0.25) is 0 Å². The Hall–Kier alpha value is -0.760. The summed E-state index contributed by atoms with van der Waals surface area (Å²) in [5.41, 5.74) is 0. The maximum Gasteiger partial charge on any atom is 0.114 e. The lowest BCUT2D eigenvalue weighted by Gasteiger charge is -2.28. The van der Waals surface area contributed by atoms with Gasteiger partial charge in [-0.25, -0.2) is 0 Å². The molecule has 0 saturated carbocycles. The zero-order valence-electron chi connectivity index (χ0n) is 9.08. The molecule has 0 aromatic heterocycles. The van der Waals surface area contributed by atoms with E-state index >= 15 is 0 Å². The first-order valence-corrected chi connectivity index (χ1v) is 4.74. The number of ether oxygens (including phenoxy) is 1. The highest BCUT2D eigenvalue weighted by atomic mass is 16.5. The van der Waals surface area contributed by atoms with Gasteiger partial charge in [-0.3, -0.25) is 0 Å². The fourth-order valence-electron chi connectivity index (χ4n) is 1.64. The van der Waals surface area contributed by atoms with Crippen LogP contribution in [0.5, 0.6) is 0 Å². The minimum Gasteiger partial charge on any atom is -0.497 e. The van der Waals surface area contributed by atoms with E-state index < -0.39 is 0 Å². The van der Waals surface area contributed by atoms with Crippen molar-refractivity contribution in [1.29, 1.82) is 0 Å². The van der Waals surface area contributed by atoms with Crippen molar-refractivity contribution in [2.75, 3.05) is 34.8 Å². The van der Waals surface area contributed by atoms with Gasteiger partial charge in [0, 0.05) is 5.92 Å². The second-order valence-electron chi connectivity index (χ2n) is 4.64. The van der Waals surface area contributed by atoms with Gasteiger partial charge >= 0.3 is 0 Å². The van der Waals surface area contributed by atoms with Gasteiger partial charge in [0.2, 0.25) is 0 Å². The van der Waals surface area contributed by atoms with E-state index in [1.165, 1.54) is 6.54 Å². The van der Waals surface area contributed by atoms with Gasteiger partial charge in [-0.1, -0.05) is 6.08 Å². The van der Waals surface area contributed by atoms with E-state index in [2.05, 4.69) is 39.4 Å². The molecule has 0 aliphatic heterocycles. The first-order chi connectivity index (χ1) is 6.01.